The average molecular weight is 377 g/mol. The summed E-state index contributed by atoms with van der Waals surface area (Å²) in [5, 5.41) is 6.32. The van der Waals surface area contributed by atoms with Crippen molar-refractivity contribution in [2.45, 2.75) is 6.42 Å². The Balaban J connectivity index is 1.44. The molecule has 0 saturated carbocycles. The molecule has 3 aromatic heterocycles. The average Bonchev–Trinajstić information content (AvgIpc) is 3.17. The summed E-state index contributed by atoms with van der Waals surface area (Å²) in [6.45, 7) is 0.420. The number of hydrogen-bond donors (Lipinski definition) is 2. The van der Waals surface area contributed by atoms with Crippen LogP contribution in [0.15, 0.2) is 59.1 Å². The van der Waals surface area contributed by atoms with Gasteiger partial charge in [0.15, 0.2) is 0 Å². The Hall–Kier alpha value is -3.39. The lowest BCUT2D eigenvalue weighted by molar-refractivity contribution is 0.0955. The van der Waals surface area contributed by atoms with Crippen LogP contribution in [0, 0.1) is 0 Å². The Morgan fingerprint density at radius 2 is 2.11 bits per heavy atom. The first-order chi connectivity index (χ1) is 13.2. The maximum Gasteiger partial charge on any atom is 0.252 e. The molecule has 0 aliphatic heterocycles. The van der Waals surface area contributed by atoms with Gasteiger partial charge in [0.05, 0.1) is 17.5 Å². The van der Waals surface area contributed by atoms with Gasteiger partial charge in [0, 0.05) is 47.7 Å². The number of H-pyrrole nitrogens is 1. The Kier molecular flexibility index (Phi) is 4.71. The van der Waals surface area contributed by atoms with Crippen molar-refractivity contribution in [3.8, 4) is 10.7 Å². The first kappa shape index (κ1) is 17.0. The molecule has 27 heavy (non-hydrogen) atoms. The molecule has 0 aliphatic carbocycles. The zero-order chi connectivity index (χ0) is 18.6. The standard InChI is InChI=1S/C19H15N5O2S/c25-17-9-14(13-3-1-2-4-15(13)24-17)18(26)22-6-5-12-11-27-19(23-12)16-10-20-7-8-21-16/h1-4,7-11H,5-6H2,(H,22,26)(H,24,25). The molecule has 0 saturated heterocycles. The number of nitrogens with one attached hydrogen (secondary N) is 2. The number of para-hydroxylation sites is 1. The number of amides is 1. The van der Waals surface area contributed by atoms with Crippen LogP contribution in [-0.2, 0) is 6.42 Å². The van der Waals surface area contributed by atoms with E-state index in [1.807, 2.05) is 23.6 Å². The van der Waals surface area contributed by atoms with Gasteiger partial charge in [0.1, 0.15) is 10.7 Å². The zero-order valence-corrected chi connectivity index (χ0v) is 15.0. The molecule has 0 spiro atoms. The van der Waals surface area contributed by atoms with Gasteiger partial charge in [-0.05, 0) is 6.07 Å². The molecule has 2 N–H and O–H groups in total. The van der Waals surface area contributed by atoms with Gasteiger partial charge in [0.25, 0.3) is 5.91 Å². The van der Waals surface area contributed by atoms with Crippen molar-refractivity contribution in [2.24, 2.45) is 0 Å². The van der Waals surface area contributed by atoms with Crippen LogP contribution in [0.2, 0.25) is 0 Å². The summed E-state index contributed by atoms with van der Waals surface area (Å²) in [5.74, 6) is -0.276. The molecule has 0 atom stereocenters. The van der Waals surface area contributed by atoms with E-state index in [4.69, 9.17) is 0 Å². The Labute approximate surface area is 158 Å². The molecule has 7 nitrogen and oxygen atoms in total. The van der Waals surface area contributed by atoms with Crippen molar-refractivity contribution in [1.82, 2.24) is 25.3 Å². The second-order valence-corrected chi connectivity index (χ2v) is 6.69. The number of benzene rings is 1. The van der Waals surface area contributed by atoms with Gasteiger partial charge in [-0.25, -0.2) is 4.98 Å². The summed E-state index contributed by atoms with van der Waals surface area (Å²) in [7, 11) is 0. The molecule has 0 unspecified atom stereocenters. The van der Waals surface area contributed by atoms with Crippen LogP contribution >= 0.6 is 11.3 Å². The minimum atomic E-state index is -0.299. The molecule has 0 aliphatic rings. The number of nitrogens with zero attached hydrogens (tertiary/aromatic N) is 3. The van der Waals surface area contributed by atoms with Crippen LogP contribution in [0.5, 0.6) is 0 Å². The van der Waals surface area contributed by atoms with Crippen LogP contribution in [0.3, 0.4) is 0 Å². The van der Waals surface area contributed by atoms with E-state index < -0.39 is 0 Å². The zero-order valence-electron chi connectivity index (χ0n) is 14.2. The SMILES string of the molecule is O=C(NCCc1csc(-c2cnccn2)n1)c1cc(=O)[nH]c2ccccc12. The molecule has 4 aromatic rings. The highest BCUT2D eigenvalue weighted by Crippen LogP contribution is 2.20. The summed E-state index contributed by atoms with van der Waals surface area (Å²) in [4.78, 5) is 39.8. The fourth-order valence-corrected chi connectivity index (χ4v) is 3.56. The molecular weight excluding hydrogens is 362 g/mol. The molecule has 1 amide bonds. The van der Waals surface area contributed by atoms with Gasteiger partial charge in [-0.2, -0.15) is 0 Å². The van der Waals surface area contributed by atoms with E-state index in [2.05, 4.69) is 25.3 Å². The van der Waals surface area contributed by atoms with E-state index in [1.54, 1.807) is 24.7 Å². The number of fused-ring (bicyclic) bond motifs is 1. The Bertz CT molecular complexity index is 1150. The van der Waals surface area contributed by atoms with Gasteiger partial charge >= 0.3 is 0 Å². The molecule has 134 valence electrons. The lowest BCUT2D eigenvalue weighted by Crippen LogP contribution is -2.27. The van der Waals surface area contributed by atoms with E-state index in [0.29, 0.717) is 29.4 Å². The minimum Gasteiger partial charge on any atom is -0.352 e. The first-order valence-electron chi connectivity index (χ1n) is 8.32. The molecular formula is C19H15N5O2S. The second kappa shape index (κ2) is 7.46. The number of aromatic amines is 1. The van der Waals surface area contributed by atoms with Crippen molar-refractivity contribution in [1.29, 1.82) is 0 Å². The summed E-state index contributed by atoms with van der Waals surface area (Å²) in [5.41, 5.74) is 2.31. The normalized spacial score (nSPS) is 10.8. The number of carbonyl (C=O) groups excluding carboxylic acids is 1. The number of hydrogen-bond acceptors (Lipinski definition) is 6. The third-order valence-corrected chi connectivity index (χ3v) is 4.91. The predicted octanol–water partition coefficient (Wildman–Crippen LogP) is 2.41. The lowest BCUT2D eigenvalue weighted by atomic mass is 10.1. The van der Waals surface area contributed by atoms with Crippen LogP contribution in [-0.4, -0.2) is 32.4 Å². The number of rotatable bonds is 5. The van der Waals surface area contributed by atoms with Crippen molar-refractivity contribution < 1.29 is 4.79 Å². The maximum absolute atomic E-state index is 12.5. The van der Waals surface area contributed by atoms with Gasteiger partial charge in [-0.15, -0.1) is 11.3 Å². The third-order valence-electron chi connectivity index (χ3n) is 4.00. The number of carbonyl (C=O) groups is 1. The second-order valence-electron chi connectivity index (χ2n) is 5.83. The number of thiazole rings is 1. The highest BCUT2D eigenvalue weighted by molar-refractivity contribution is 7.13. The van der Waals surface area contributed by atoms with E-state index in [9.17, 15) is 9.59 Å². The van der Waals surface area contributed by atoms with Crippen LogP contribution in [0.1, 0.15) is 16.1 Å². The molecule has 8 heteroatoms. The maximum atomic E-state index is 12.5. The largest absolute Gasteiger partial charge is 0.352 e. The third kappa shape index (κ3) is 3.75. The Morgan fingerprint density at radius 1 is 1.22 bits per heavy atom. The summed E-state index contributed by atoms with van der Waals surface area (Å²) < 4.78 is 0. The molecule has 4 rings (SSSR count). The monoisotopic (exact) mass is 377 g/mol. The molecule has 3 heterocycles. The van der Waals surface area contributed by atoms with E-state index >= 15 is 0 Å². The minimum absolute atomic E-state index is 0.276. The van der Waals surface area contributed by atoms with Crippen LogP contribution < -0.4 is 10.9 Å². The van der Waals surface area contributed by atoms with Gasteiger partial charge in [0.2, 0.25) is 5.56 Å². The predicted molar refractivity (Wildman–Crippen MR) is 104 cm³/mol. The lowest BCUT2D eigenvalue weighted by Gasteiger charge is -2.07. The van der Waals surface area contributed by atoms with Crippen LogP contribution in [0.25, 0.3) is 21.6 Å². The van der Waals surface area contributed by atoms with Crippen molar-refractivity contribution in [2.75, 3.05) is 6.54 Å². The van der Waals surface area contributed by atoms with Crippen molar-refractivity contribution >= 4 is 28.1 Å². The molecule has 1 aromatic carbocycles. The van der Waals surface area contributed by atoms with Crippen LogP contribution in [0.4, 0.5) is 0 Å². The highest BCUT2D eigenvalue weighted by Gasteiger charge is 2.12. The molecule has 0 fully saturated rings. The summed E-state index contributed by atoms with van der Waals surface area (Å²) in [6, 6.07) is 8.56. The number of pyridine rings is 1. The quantitative estimate of drug-likeness (QED) is 0.556. The van der Waals surface area contributed by atoms with Crippen molar-refractivity contribution in [3.05, 3.63) is 75.9 Å². The Morgan fingerprint density at radius 3 is 2.96 bits per heavy atom. The fourth-order valence-electron chi connectivity index (χ4n) is 2.74. The molecule has 0 bridgehead atoms. The van der Waals surface area contributed by atoms with E-state index in [1.165, 1.54) is 17.4 Å². The summed E-state index contributed by atoms with van der Waals surface area (Å²) in [6.07, 6.45) is 5.50. The highest BCUT2D eigenvalue weighted by atomic mass is 32.1. The van der Waals surface area contributed by atoms with E-state index in [-0.39, 0.29) is 11.5 Å². The summed E-state index contributed by atoms with van der Waals surface area (Å²) >= 11 is 1.49. The van der Waals surface area contributed by atoms with Gasteiger partial charge in [-0.1, -0.05) is 18.2 Å². The smallest absolute Gasteiger partial charge is 0.252 e. The number of aromatic nitrogens is 4. The van der Waals surface area contributed by atoms with Crippen molar-refractivity contribution in [3.63, 3.8) is 0 Å². The fraction of sp³-hybridized carbons (Fsp3) is 0.105. The van der Waals surface area contributed by atoms with Gasteiger partial charge in [-0.3, -0.25) is 19.6 Å². The van der Waals surface area contributed by atoms with E-state index in [0.717, 1.165) is 16.4 Å². The molecule has 0 radical (unpaired) electrons. The topological polar surface area (TPSA) is 101 Å². The van der Waals surface area contributed by atoms with Gasteiger partial charge < -0.3 is 10.3 Å². The first-order valence-corrected chi connectivity index (χ1v) is 9.20.